The summed E-state index contributed by atoms with van der Waals surface area (Å²) in [5.74, 6) is 0.389. The Morgan fingerprint density at radius 3 is 2.61 bits per heavy atom. The summed E-state index contributed by atoms with van der Waals surface area (Å²) in [6.45, 7) is 4.10. The van der Waals surface area contributed by atoms with Gasteiger partial charge in [0.1, 0.15) is 0 Å². The van der Waals surface area contributed by atoms with Crippen LogP contribution in [0.3, 0.4) is 0 Å². The molecule has 0 aromatic heterocycles. The Hall–Kier alpha value is -2.01. The maximum absolute atomic E-state index is 12.1. The SMILES string of the molecule is COc1cc([C@H]2CC(=O)Nc3cc(C)c(C)cc32)cc(Br)c1O. The molecule has 0 fully saturated rings. The van der Waals surface area contributed by atoms with Crippen LogP contribution in [0.25, 0.3) is 0 Å². The Bertz CT molecular complexity index is 801. The molecule has 1 atom stereocenters. The molecule has 0 saturated heterocycles. The molecule has 0 radical (unpaired) electrons. The molecule has 0 spiro atoms. The van der Waals surface area contributed by atoms with Gasteiger partial charge < -0.3 is 15.2 Å². The first-order valence-electron chi connectivity index (χ1n) is 7.38. The van der Waals surface area contributed by atoms with Gasteiger partial charge in [-0.1, -0.05) is 6.07 Å². The standard InChI is InChI=1S/C18H18BrNO3/c1-9-4-13-12(8-17(21)20-15(13)5-10(9)2)11-6-14(19)18(22)16(7-11)23-3/h4-7,12,22H,8H2,1-3H3,(H,20,21)/t12-/m1/s1. The zero-order valence-electron chi connectivity index (χ0n) is 13.2. The summed E-state index contributed by atoms with van der Waals surface area (Å²) < 4.78 is 5.79. The molecule has 23 heavy (non-hydrogen) atoms. The first kappa shape index (κ1) is 15.9. The average molecular weight is 376 g/mol. The highest BCUT2D eigenvalue weighted by molar-refractivity contribution is 9.10. The lowest BCUT2D eigenvalue weighted by Crippen LogP contribution is -2.24. The fourth-order valence-corrected chi connectivity index (χ4v) is 3.44. The van der Waals surface area contributed by atoms with E-state index in [1.165, 1.54) is 12.7 Å². The van der Waals surface area contributed by atoms with Crippen molar-refractivity contribution in [2.24, 2.45) is 0 Å². The summed E-state index contributed by atoms with van der Waals surface area (Å²) in [5.41, 5.74) is 5.22. The number of amides is 1. The Kier molecular flexibility index (Phi) is 4.06. The minimum Gasteiger partial charge on any atom is -0.503 e. The van der Waals surface area contributed by atoms with E-state index >= 15 is 0 Å². The van der Waals surface area contributed by atoms with Crippen LogP contribution in [0.5, 0.6) is 11.5 Å². The lowest BCUT2D eigenvalue weighted by molar-refractivity contribution is -0.116. The number of methoxy groups -OCH3 is 1. The van der Waals surface area contributed by atoms with Crippen molar-refractivity contribution in [2.45, 2.75) is 26.2 Å². The number of phenolic OH excluding ortho intramolecular Hbond substituents is 1. The Morgan fingerprint density at radius 1 is 1.22 bits per heavy atom. The Balaban J connectivity index is 2.16. The fourth-order valence-electron chi connectivity index (χ4n) is 2.98. The Labute approximate surface area is 143 Å². The number of aryl methyl sites for hydroxylation is 2. The van der Waals surface area contributed by atoms with E-state index < -0.39 is 0 Å². The Morgan fingerprint density at radius 2 is 1.91 bits per heavy atom. The van der Waals surface area contributed by atoms with Gasteiger partial charge in [-0.05, 0) is 70.2 Å². The van der Waals surface area contributed by atoms with E-state index in [9.17, 15) is 9.90 Å². The van der Waals surface area contributed by atoms with Gasteiger partial charge in [-0.15, -0.1) is 0 Å². The molecule has 120 valence electrons. The number of halogens is 1. The predicted octanol–water partition coefficient (Wildman–Crippen LogP) is 4.25. The van der Waals surface area contributed by atoms with Crippen molar-refractivity contribution >= 4 is 27.5 Å². The molecule has 2 N–H and O–H groups in total. The van der Waals surface area contributed by atoms with Crippen LogP contribution in [-0.2, 0) is 4.79 Å². The van der Waals surface area contributed by atoms with E-state index in [1.54, 1.807) is 6.07 Å². The second kappa shape index (κ2) is 5.89. The molecule has 2 aromatic rings. The van der Waals surface area contributed by atoms with Gasteiger partial charge in [0.15, 0.2) is 11.5 Å². The molecule has 1 aliphatic heterocycles. The van der Waals surface area contributed by atoms with Gasteiger partial charge >= 0.3 is 0 Å². The smallest absolute Gasteiger partial charge is 0.225 e. The van der Waals surface area contributed by atoms with Crippen LogP contribution in [0.4, 0.5) is 5.69 Å². The number of ether oxygens (including phenoxy) is 1. The minimum atomic E-state index is -0.0659. The van der Waals surface area contributed by atoms with E-state index in [0.29, 0.717) is 16.6 Å². The number of hydrogen-bond acceptors (Lipinski definition) is 3. The fraction of sp³-hybridized carbons (Fsp3) is 0.278. The van der Waals surface area contributed by atoms with Crippen LogP contribution in [0.1, 0.15) is 34.6 Å². The molecule has 0 aliphatic carbocycles. The van der Waals surface area contributed by atoms with Gasteiger partial charge in [0.25, 0.3) is 0 Å². The molecule has 1 amide bonds. The van der Waals surface area contributed by atoms with E-state index in [-0.39, 0.29) is 17.6 Å². The first-order chi connectivity index (χ1) is 10.9. The molecule has 2 aromatic carbocycles. The largest absolute Gasteiger partial charge is 0.503 e. The monoisotopic (exact) mass is 375 g/mol. The van der Waals surface area contributed by atoms with Gasteiger partial charge in [0, 0.05) is 18.0 Å². The summed E-state index contributed by atoms with van der Waals surface area (Å²) in [6, 6.07) is 7.78. The summed E-state index contributed by atoms with van der Waals surface area (Å²) in [5, 5.41) is 12.9. The summed E-state index contributed by atoms with van der Waals surface area (Å²) in [6.07, 6.45) is 0.371. The van der Waals surface area contributed by atoms with E-state index in [0.717, 1.165) is 22.4 Å². The van der Waals surface area contributed by atoms with Crippen molar-refractivity contribution in [3.8, 4) is 11.5 Å². The topological polar surface area (TPSA) is 58.6 Å². The molecule has 0 bridgehead atoms. The van der Waals surface area contributed by atoms with Crippen molar-refractivity contribution in [3.05, 3.63) is 51.0 Å². The maximum Gasteiger partial charge on any atom is 0.225 e. The molecule has 1 heterocycles. The second-order valence-corrected chi connectivity index (χ2v) is 6.74. The molecular formula is C18H18BrNO3. The highest BCUT2D eigenvalue weighted by Crippen LogP contribution is 2.43. The summed E-state index contributed by atoms with van der Waals surface area (Å²) in [4.78, 5) is 12.1. The second-order valence-electron chi connectivity index (χ2n) is 5.88. The minimum absolute atomic E-state index is 0.00563. The number of fused-ring (bicyclic) bond motifs is 1. The van der Waals surface area contributed by atoms with Crippen LogP contribution >= 0.6 is 15.9 Å². The zero-order chi connectivity index (χ0) is 16.7. The highest BCUT2D eigenvalue weighted by Gasteiger charge is 2.28. The van der Waals surface area contributed by atoms with Crippen LogP contribution < -0.4 is 10.1 Å². The lowest BCUT2D eigenvalue weighted by Gasteiger charge is -2.27. The number of benzene rings is 2. The van der Waals surface area contributed by atoms with Crippen molar-refractivity contribution in [2.75, 3.05) is 12.4 Å². The third-order valence-corrected chi connectivity index (χ3v) is 4.98. The van der Waals surface area contributed by atoms with E-state index in [4.69, 9.17) is 4.74 Å². The van der Waals surface area contributed by atoms with Crippen LogP contribution in [-0.4, -0.2) is 18.1 Å². The van der Waals surface area contributed by atoms with Crippen LogP contribution in [0, 0.1) is 13.8 Å². The number of nitrogens with one attached hydrogen (secondary N) is 1. The molecule has 5 heteroatoms. The molecule has 0 unspecified atom stereocenters. The number of aromatic hydroxyl groups is 1. The maximum atomic E-state index is 12.1. The number of rotatable bonds is 2. The van der Waals surface area contributed by atoms with Crippen LogP contribution in [0.2, 0.25) is 0 Å². The van der Waals surface area contributed by atoms with Gasteiger partial charge in [-0.3, -0.25) is 4.79 Å². The number of hydrogen-bond donors (Lipinski definition) is 2. The first-order valence-corrected chi connectivity index (χ1v) is 8.17. The predicted molar refractivity (Wildman–Crippen MR) is 93.4 cm³/mol. The highest BCUT2D eigenvalue weighted by atomic mass is 79.9. The summed E-state index contributed by atoms with van der Waals surface area (Å²) >= 11 is 3.35. The molecule has 0 saturated carbocycles. The molecule has 1 aliphatic rings. The molecular weight excluding hydrogens is 358 g/mol. The zero-order valence-corrected chi connectivity index (χ0v) is 14.8. The normalized spacial score (nSPS) is 16.7. The van der Waals surface area contributed by atoms with Gasteiger partial charge in [-0.25, -0.2) is 0 Å². The lowest BCUT2D eigenvalue weighted by atomic mass is 9.83. The third-order valence-electron chi connectivity index (χ3n) is 4.38. The number of anilines is 1. The third kappa shape index (κ3) is 2.81. The number of carbonyl (C=O) groups is 1. The van der Waals surface area contributed by atoms with Crippen molar-refractivity contribution in [1.82, 2.24) is 0 Å². The van der Waals surface area contributed by atoms with Crippen molar-refractivity contribution in [3.63, 3.8) is 0 Å². The number of phenols is 1. The van der Waals surface area contributed by atoms with Crippen molar-refractivity contribution in [1.29, 1.82) is 0 Å². The van der Waals surface area contributed by atoms with Gasteiger partial charge in [-0.2, -0.15) is 0 Å². The van der Waals surface area contributed by atoms with Gasteiger partial charge in [0.05, 0.1) is 11.6 Å². The molecule has 3 rings (SSSR count). The van der Waals surface area contributed by atoms with Crippen LogP contribution in [0.15, 0.2) is 28.7 Å². The average Bonchev–Trinajstić information content (AvgIpc) is 2.51. The van der Waals surface area contributed by atoms with E-state index in [1.807, 2.05) is 19.1 Å². The molecule has 4 nitrogen and oxygen atoms in total. The quantitative estimate of drug-likeness (QED) is 0.824. The summed E-state index contributed by atoms with van der Waals surface area (Å²) in [7, 11) is 1.51. The van der Waals surface area contributed by atoms with Crippen molar-refractivity contribution < 1.29 is 14.6 Å². The van der Waals surface area contributed by atoms with E-state index in [2.05, 4.69) is 34.2 Å². The number of carbonyl (C=O) groups excluding carboxylic acids is 1. The van der Waals surface area contributed by atoms with Gasteiger partial charge in [0.2, 0.25) is 5.91 Å².